The predicted octanol–water partition coefficient (Wildman–Crippen LogP) is 1.27. The van der Waals surface area contributed by atoms with Gasteiger partial charge in [-0.05, 0) is 22.0 Å². The first kappa shape index (κ1) is 11.7. The molecule has 0 aromatic heterocycles. The molecule has 16 heavy (non-hydrogen) atoms. The highest BCUT2D eigenvalue weighted by atomic mass is 79.9. The van der Waals surface area contributed by atoms with Gasteiger partial charge in [-0.25, -0.2) is 0 Å². The van der Waals surface area contributed by atoms with Gasteiger partial charge < -0.3 is 15.5 Å². The molecule has 2 rings (SSSR count). The summed E-state index contributed by atoms with van der Waals surface area (Å²) in [6.07, 6.45) is 0. The largest absolute Gasteiger partial charge is 0.504 e. The number of rotatable bonds is 2. The van der Waals surface area contributed by atoms with Crippen LogP contribution in [0, 0.1) is 0 Å². The second-order valence-corrected chi connectivity index (χ2v) is 4.78. The number of halogens is 1. The molecule has 1 heterocycles. The molecule has 3 N–H and O–H groups in total. The van der Waals surface area contributed by atoms with Crippen LogP contribution in [0.2, 0.25) is 0 Å². The molecule has 88 valence electrons. The Kier molecular flexibility index (Phi) is 3.68. The Morgan fingerprint density at radius 3 is 2.56 bits per heavy atom. The van der Waals surface area contributed by atoms with Crippen LogP contribution in [0.1, 0.15) is 5.56 Å². The minimum absolute atomic E-state index is 0.0205. The van der Waals surface area contributed by atoms with Gasteiger partial charge in [-0.15, -0.1) is 0 Å². The van der Waals surface area contributed by atoms with Gasteiger partial charge in [0.1, 0.15) is 0 Å². The molecule has 1 fully saturated rings. The fourth-order valence-corrected chi connectivity index (χ4v) is 2.15. The minimum Gasteiger partial charge on any atom is -0.504 e. The summed E-state index contributed by atoms with van der Waals surface area (Å²) < 4.78 is 0.522. The van der Waals surface area contributed by atoms with E-state index in [1.165, 1.54) is 0 Å². The van der Waals surface area contributed by atoms with Crippen LogP contribution >= 0.6 is 15.9 Å². The smallest absolute Gasteiger partial charge is 0.172 e. The summed E-state index contributed by atoms with van der Waals surface area (Å²) >= 11 is 3.17. The summed E-state index contributed by atoms with van der Waals surface area (Å²) in [5.74, 6) is -0.0967. The average Bonchev–Trinajstić information content (AvgIpc) is 2.31. The van der Waals surface area contributed by atoms with Crippen LogP contribution in [0.15, 0.2) is 16.6 Å². The summed E-state index contributed by atoms with van der Waals surface area (Å²) in [4.78, 5) is 2.25. The van der Waals surface area contributed by atoms with Crippen molar-refractivity contribution < 1.29 is 10.2 Å². The highest BCUT2D eigenvalue weighted by Crippen LogP contribution is 2.36. The Bertz CT molecular complexity index is 378. The van der Waals surface area contributed by atoms with Crippen molar-refractivity contribution in [1.29, 1.82) is 0 Å². The molecule has 0 unspecified atom stereocenters. The lowest BCUT2D eigenvalue weighted by Crippen LogP contribution is -2.42. The van der Waals surface area contributed by atoms with Crippen LogP contribution in [-0.2, 0) is 6.54 Å². The van der Waals surface area contributed by atoms with E-state index in [0.717, 1.165) is 31.7 Å². The first-order valence-electron chi connectivity index (χ1n) is 5.31. The zero-order valence-electron chi connectivity index (χ0n) is 8.91. The van der Waals surface area contributed by atoms with Gasteiger partial charge in [0.2, 0.25) is 0 Å². The van der Waals surface area contributed by atoms with Crippen LogP contribution in [0.5, 0.6) is 11.5 Å². The summed E-state index contributed by atoms with van der Waals surface area (Å²) in [5.41, 5.74) is 0.766. The number of piperazine rings is 1. The lowest BCUT2D eigenvalue weighted by atomic mass is 10.1. The van der Waals surface area contributed by atoms with E-state index in [0.29, 0.717) is 11.0 Å². The standard InChI is InChI=1S/C11H15BrN2O2/c12-9-2-1-8(10(15)11(9)16)7-14-5-3-13-4-6-14/h1-2,13,15-16H,3-7H2. The van der Waals surface area contributed by atoms with E-state index in [1.807, 2.05) is 6.07 Å². The van der Waals surface area contributed by atoms with E-state index >= 15 is 0 Å². The predicted molar refractivity (Wildman–Crippen MR) is 65.6 cm³/mol. The topological polar surface area (TPSA) is 55.7 Å². The van der Waals surface area contributed by atoms with Crippen molar-refractivity contribution in [1.82, 2.24) is 10.2 Å². The number of aromatic hydroxyl groups is 2. The maximum atomic E-state index is 9.79. The van der Waals surface area contributed by atoms with Crippen molar-refractivity contribution in [2.24, 2.45) is 0 Å². The average molecular weight is 287 g/mol. The van der Waals surface area contributed by atoms with E-state index in [2.05, 4.69) is 26.1 Å². The van der Waals surface area contributed by atoms with Crippen molar-refractivity contribution >= 4 is 15.9 Å². The number of hydrogen-bond donors (Lipinski definition) is 3. The molecule has 0 spiro atoms. The molecule has 0 atom stereocenters. The molecule has 0 saturated carbocycles. The van der Waals surface area contributed by atoms with Crippen molar-refractivity contribution in [3.05, 3.63) is 22.2 Å². The zero-order chi connectivity index (χ0) is 11.5. The molecule has 0 radical (unpaired) electrons. The van der Waals surface area contributed by atoms with E-state index in [1.54, 1.807) is 6.07 Å². The van der Waals surface area contributed by atoms with Gasteiger partial charge in [-0.2, -0.15) is 0 Å². The quantitative estimate of drug-likeness (QED) is 0.717. The second kappa shape index (κ2) is 5.03. The first-order chi connectivity index (χ1) is 7.68. The molecule has 4 nitrogen and oxygen atoms in total. The number of benzene rings is 1. The van der Waals surface area contributed by atoms with Crippen molar-refractivity contribution in [2.75, 3.05) is 26.2 Å². The molecule has 0 bridgehead atoms. The summed E-state index contributed by atoms with van der Waals surface area (Å²) in [6.45, 7) is 4.56. The lowest BCUT2D eigenvalue weighted by Gasteiger charge is -2.27. The number of hydrogen-bond acceptors (Lipinski definition) is 4. The number of nitrogens with zero attached hydrogens (tertiary/aromatic N) is 1. The second-order valence-electron chi connectivity index (χ2n) is 3.93. The third-order valence-corrected chi connectivity index (χ3v) is 3.43. The van der Waals surface area contributed by atoms with E-state index in [-0.39, 0.29) is 11.5 Å². The fraction of sp³-hybridized carbons (Fsp3) is 0.455. The van der Waals surface area contributed by atoms with Crippen LogP contribution in [0.4, 0.5) is 0 Å². The number of phenolic OH excluding ortho intramolecular Hbond substituents is 2. The van der Waals surface area contributed by atoms with Gasteiger partial charge in [0, 0.05) is 38.3 Å². The van der Waals surface area contributed by atoms with Crippen LogP contribution in [0.3, 0.4) is 0 Å². The zero-order valence-corrected chi connectivity index (χ0v) is 10.5. The normalized spacial score (nSPS) is 17.6. The minimum atomic E-state index is -0.0763. The fourth-order valence-electron chi connectivity index (χ4n) is 1.83. The Morgan fingerprint density at radius 2 is 1.88 bits per heavy atom. The molecule has 1 saturated heterocycles. The molecule has 0 amide bonds. The highest BCUT2D eigenvalue weighted by Gasteiger charge is 2.15. The van der Waals surface area contributed by atoms with E-state index in [9.17, 15) is 10.2 Å². The van der Waals surface area contributed by atoms with Crippen LogP contribution < -0.4 is 5.32 Å². The Hall–Kier alpha value is -0.780. The summed E-state index contributed by atoms with van der Waals surface area (Å²) in [6, 6.07) is 3.59. The van der Waals surface area contributed by atoms with E-state index < -0.39 is 0 Å². The Balaban J connectivity index is 2.11. The van der Waals surface area contributed by atoms with Gasteiger partial charge in [-0.1, -0.05) is 6.07 Å². The van der Waals surface area contributed by atoms with Gasteiger partial charge in [0.05, 0.1) is 4.47 Å². The van der Waals surface area contributed by atoms with Crippen molar-refractivity contribution in [3.63, 3.8) is 0 Å². The van der Waals surface area contributed by atoms with Crippen molar-refractivity contribution in [3.8, 4) is 11.5 Å². The lowest BCUT2D eigenvalue weighted by molar-refractivity contribution is 0.230. The molecule has 5 heteroatoms. The molecule has 1 aromatic rings. The van der Waals surface area contributed by atoms with Crippen molar-refractivity contribution in [2.45, 2.75) is 6.54 Å². The Labute approximate surface area is 103 Å². The molecular formula is C11H15BrN2O2. The van der Waals surface area contributed by atoms with Crippen LogP contribution in [0.25, 0.3) is 0 Å². The molecule has 1 aliphatic heterocycles. The van der Waals surface area contributed by atoms with E-state index in [4.69, 9.17) is 0 Å². The highest BCUT2D eigenvalue weighted by molar-refractivity contribution is 9.10. The maximum Gasteiger partial charge on any atom is 0.172 e. The van der Waals surface area contributed by atoms with Gasteiger partial charge >= 0.3 is 0 Å². The van der Waals surface area contributed by atoms with Gasteiger partial charge in [0.25, 0.3) is 0 Å². The first-order valence-corrected chi connectivity index (χ1v) is 6.10. The monoisotopic (exact) mass is 286 g/mol. The molecule has 0 aliphatic carbocycles. The molecule has 1 aliphatic rings. The Morgan fingerprint density at radius 1 is 1.19 bits per heavy atom. The number of phenols is 2. The van der Waals surface area contributed by atoms with Crippen LogP contribution in [-0.4, -0.2) is 41.3 Å². The third kappa shape index (κ3) is 2.48. The molecule has 1 aromatic carbocycles. The number of nitrogens with one attached hydrogen (secondary N) is 1. The SMILES string of the molecule is Oc1c(Br)ccc(CN2CCNCC2)c1O. The molecular weight excluding hydrogens is 272 g/mol. The summed E-state index contributed by atoms with van der Waals surface area (Å²) in [7, 11) is 0. The van der Waals surface area contributed by atoms with Gasteiger partial charge in [-0.3, -0.25) is 4.90 Å². The van der Waals surface area contributed by atoms with Gasteiger partial charge in [0.15, 0.2) is 11.5 Å². The maximum absolute atomic E-state index is 9.79. The third-order valence-electron chi connectivity index (χ3n) is 2.79. The summed E-state index contributed by atoms with van der Waals surface area (Å²) in [5, 5.41) is 22.7.